The van der Waals surface area contributed by atoms with Crippen LogP contribution in [0, 0.1) is 0 Å². The van der Waals surface area contributed by atoms with Crippen molar-refractivity contribution >= 4 is 49.9 Å². The van der Waals surface area contributed by atoms with Crippen LogP contribution in [0.2, 0.25) is 10.0 Å². The molecule has 0 aliphatic carbocycles. The van der Waals surface area contributed by atoms with E-state index in [1.165, 1.54) is 0 Å². The second kappa shape index (κ2) is 6.10. The molecule has 0 atom stereocenters. The van der Waals surface area contributed by atoms with E-state index < -0.39 is 0 Å². The lowest BCUT2D eigenvalue weighted by molar-refractivity contribution is 0.410. The van der Waals surface area contributed by atoms with Crippen LogP contribution in [0.15, 0.2) is 36.4 Å². The lowest BCUT2D eigenvalue weighted by Gasteiger charge is -2.10. The third-order valence-electron chi connectivity index (χ3n) is 3.06. The molecule has 1 aromatic heterocycles. The van der Waals surface area contributed by atoms with Crippen LogP contribution in [0.25, 0.3) is 10.2 Å². The number of hydrogen-bond donors (Lipinski definition) is 1. The van der Waals surface area contributed by atoms with Gasteiger partial charge in [-0.15, -0.1) is 0 Å². The number of hydrogen-bond acceptors (Lipinski definition) is 4. The van der Waals surface area contributed by atoms with Crippen LogP contribution in [-0.4, -0.2) is 12.1 Å². The van der Waals surface area contributed by atoms with Crippen molar-refractivity contribution in [3.05, 3.63) is 52.0 Å². The smallest absolute Gasteiger partial charge is 0.184 e. The number of thiazole rings is 1. The van der Waals surface area contributed by atoms with Crippen molar-refractivity contribution in [1.82, 2.24) is 4.98 Å². The predicted octanol–water partition coefficient (Wildman–Crippen LogP) is 5.22. The zero-order valence-corrected chi connectivity index (χ0v) is 13.5. The van der Waals surface area contributed by atoms with Gasteiger partial charge in [0.2, 0.25) is 0 Å². The van der Waals surface area contributed by atoms with Crippen LogP contribution >= 0.6 is 34.5 Å². The van der Waals surface area contributed by atoms with Crippen LogP contribution in [0.5, 0.6) is 5.75 Å². The van der Waals surface area contributed by atoms with Crippen molar-refractivity contribution in [2.45, 2.75) is 6.54 Å². The van der Waals surface area contributed by atoms with Gasteiger partial charge in [-0.2, -0.15) is 0 Å². The predicted molar refractivity (Wildman–Crippen MR) is 90.0 cm³/mol. The first kappa shape index (κ1) is 14.4. The third kappa shape index (κ3) is 3.07. The number of fused-ring (bicyclic) bond motifs is 1. The van der Waals surface area contributed by atoms with E-state index in [1.807, 2.05) is 36.4 Å². The minimum atomic E-state index is 0.552. The molecule has 1 heterocycles. The topological polar surface area (TPSA) is 34.1 Å². The summed E-state index contributed by atoms with van der Waals surface area (Å²) in [6.45, 7) is 0.552. The summed E-state index contributed by atoms with van der Waals surface area (Å²) in [6.07, 6.45) is 0. The summed E-state index contributed by atoms with van der Waals surface area (Å²) in [5.41, 5.74) is 1.84. The summed E-state index contributed by atoms with van der Waals surface area (Å²) >= 11 is 13.8. The Morgan fingerprint density at radius 1 is 1.24 bits per heavy atom. The molecule has 2 aromatic carbocycles. The molecule has 6 heteroatoms. The Labute approximate surface area is 136 Å². The van der Waals surface area contributed by atoms with Gasteiger partial charge >= 0.3 is 0 Å². The van der Waals surface area contributed by atoms with Gasteiger partial charge in [0, 0.05) is 22.2 Å². The number of methoxy groups -OCH3 is 1. The first-order valence-corrected chi connectivity index (χ1v) is 7.86. The fourth-order valence-electron chi connectivity index (χ4n) is 2.04. The number of rotatable bonds is 4. The van der Waals surface area contributed by atoms with Gasteiger partial charge in [-0.3, -0.25) is 0 Å². The van der Waals surface area contributed by atoms with E-state index in [1.54, 1.807) is 18.4 Å². The summed E-state index contributed by atoms with van der Waals surface area (Å²) in [5.74, 6) is 0.763. The summed E-state index contributed by atoms with van der Waals surface area (Å²) in [4.78, 5) is 4.52. The second-order valence-electron chi connectivity index (χ2n) is 4.41. The van der Waals surface area contributed by atoms with E-state index >= 15 is 0 Å². The molecule has 0 unspecified atom stereocenters. The number of nitrogens with one attached hydrogen (secondary N) is 1. The van der Waals surface area contributed by atoms with Gasteiger partial charge in [-0.05, 0) is 30.3 Å². The lowest BCUT2D eigenvalue weighted by Crippen LogP contribution is -2.02. The SMILES string of the molecule is COc1cccc(Cl)c1CNc1nc2ccc(Cl)cc2s1. The van der Waals surface area contributed by atoms with E-state index in [2.05, 4.69) is 10.3 Å². The molecule has 0 saturated carbocycles. The molecule has 0 bridgehead atoms. The fourth-order valence-corrected chi connectivity index (χ4v) is 3.41. The van der Waals surface area contributed by atoms with Gasteiger partial charge < -0.3 is 10.1 Å². The number of halogens is 2. The Bertz CT molecular complexity index is 788. The molecular weight excluding hydrogens is 327 g/mol. The number of anilines is 1. The molecule has 0 aliphatic heterocycles. The fraction of sp³-hybridized carbons (Fsp3) is 0.133. The molecular formula is C15H12Cl2N2OS. The summed E-state index contributed by atoms with van der Waals surface area (Å²) in [6, 6.07) is 11.3. The van der Waals surface area contributed by atoms with Crippen LogP contribution in [0.3, 0.4) is 0 Å². The quantitative estimate of drug-likeness (QED) is 0.707. The molecule has 0 radical (unpaired) electrons. The summed E-state index contributed by atoms with van der Waals surface area (Å²) in [5, 5.41) is 5.50. The van der Waals surface area contributed by atoms with Crippen molar-refractivity contribution in [1.29, 1.82) is 0 Å². The largest absolute Gasteiger partial charge is 0.496 e. The highest BCUT2D eigenvalue weighted by atomic mass is 35.5. The molecule has 3 rings (SSSR count). The molecule has 0 fully saturated rings. The van der Waals surface area contributed by atoms with E-state index in [-0.39, 0.29) is 0 Å². The van der Waals surface area contributed by atoms with Gasteiger partial charge in [0.25, 0.3) is 0 Å². The maximum atomic E-state index is 6.22. The minimum Gasteiger partial charge on any atom is -0.496 e. The molecule has 1 N–H and O–H groups in total. The molecule has 3 nitrogen and oxygen atoms in total. The highest BCUT2D eigenvalue weighted by Gasteiger charge is 2.09. The Kier molecular flexibility index (Phi) is 4.19. The van der Waals surface area contributed by atoms with E-state index in [4.69, 9.17) is 27.9 Å². The number of ether oxygens (including phenoxy) is 1. The summed E-state index contributed by atoms with van der Waals surface area (Å²) < 4.78 is 6.38. The maximum Gasteiger partial charge on any atom is 0.184 e. The van der Waals surface area contributed by atoms with Crippen molar-refractivity contribution in [3.63, 3.8) is 0 Å². The highest BCUT2D eigenvalue weighted by Crippen LogP contribution is 2.31. The maximum absolute atomic E-state index is 6.22. The van der Waals surface area contributed by atoms with Crippen molar-refractivity contribution in [2.75, 3.05) is 12.4 Å². The normalized spacial score (nSPS) is 10.8. The molecule has 21 heavy (non-hydrogen) atoms. The van der Waals surface area contributed by atoms with Gasteiger partial charge in [-0.1, -0.05) is 40.6 Å². The lowest BCUT2D eigenvalue weighted by atomic mass is 10.2. The molecule has 0 saturated heterocycles. The van der Waals surface area contributed by atoms with Crippen LogP contribution in [-0.2, 0) is 6.54 Å². The average molecular weight is 339 g/mol. The monoisotopic (exact) mass is 338 g/mol. The molecule has 0 spiro atoms. The first-order valence-electron chi connectivity index (χ1n) is 6.28. The number of nitrogens with zero attached hydrogens (tertiary/aromatic N) is 1. The highest BCUT2D eigenvalue weighted by molar-refractivity contribution is 7.22. The Morgan fingerprint density at radius 3 is 2.90 bits per heavy atom. The van der Waals surface area contributed by atoms with Crippen LogP contribution < -0.4 is 10.1 Å². The van der Waals surface area contributed by atoms with E-state index in [9.17, 15) is 0 Å². The standard InChI is InChI=1S/C15H12Cl2N2OS/c1-20-13-4-2-3-11(17)10(13)8-18-15-19-12-6-5-9(16)7-14(12)21-15/h2-7H,8H2,1H3,(H,18,19). The van der Waals surface area contributed by atoms with Crippen LogP contribution in [0.4, 0.5) is 5.13 Å². The van der Waals surface area contributed by atoms with Gasteiger partial charge in [0.05, 0.1) is 17.3 Å². The zero-order chi connectivity index (χ0) is 14.8. The third-order valence-corrected chi connectivity index (χ3v) is 4.63. The number of benzene rings is 2. The second-order valence-corrected chi connectivity index (χ2v) is 6.28. The van der Waals surface area contributed by atoms with E-state index in [0.717, 1.165) is 26.7 Å². The molecule has 0 amide bonds. The van der Waals surface area contributed by atoms with E-state index in [0.29, 0.717) is 16.6 Å². The molecule has 0 aliphatic rings. The summed E-state index contributed by atoms with van der Waals surface area (Å²) in [7, 11) is 1.63. The van der Waals surface area contributed by atoms with Crippen molar-refractivity contribution in [2.24, 2.45) is 0 Å². The average Bonchev–Trinajstić information content (AvgIpc) is 2.87. The Balaban J connectivity index is 1.83. The van der Waals surface area contributed by atoms with Crippen LogP contribution in [0.1, 0.15) is 5.56 Å². The first-order chi connectivity index (χ1) is 10.2. The number of aromatic nitrogens is 1. The van der Waals surface area contributed by atoms with Gasteiger partial charge in [-0.25, -0.2) is 4.98 Å². The van der Waals surface area contributed by atoms with Gasteiger partial charge in [0.1, 0.15) is 5.75 Å². The molecule has 3 aromatic rings. The minimum absolute atomic E-state index is 0.552. The molecule has 108 valence electrons. The zero-order valence-electron chi connectivity index (χ0n) is 11.2. The Hall–Kier alpha value is -1.49. The van der Waals surface area contributed by atoms with Crippen molar-refractivity contribution in [3.8, 4) is 5.75 Å². The van der Waals surface area contributed by atoms with Gasteiger partial charge in [0.15, 0.2) is 5.13 Å². The Morgan fingerprint density at radius 2 is 2.10 bits per heavy atom. The van der Waals surface area contributed by atoms with Crippen molar-refractivity contribution < 1.29 is 4.74 Å².